The van der Waals surface area contributed by atoms with E-state index in [1.807, 2.05) is 30.0 Å². The quantitative estimate of drug-likeness (QED) is 0.559. The number of aromatic nitrogens is 2. The van der Waals surface area contributed by atoms with Crippen molar-refractivity contribution in [3.8, 4) is 0 Å². The van der Waals surface area contributed by atoms with Crippen LogP contribution < -0.4 is 16.0 Å². The van der Waals surface area contributed by atoms with Gasteiger partial charge in [-0.3, -0.25) is 19.1 Å². The summed E-state index contributed by atoms with van der Waals surface area (Å²) in [6.07, 6.45) is 10.7. The molecule has 9 heteroatoms. The molecule has 2 aliphatic heterocycles. The van der Waals surface area contributed by atoms with Gasteiger partial charge in [0.1, 0.15) is 11.7 Å². The van der Waals surface area contributed by atoms with Crippen LogP contribution >= 0.6 is 11.8 Å². The lowest BCUT2D eigenvalue weighted by molar-refractivity contribution is -0.121. The number of nitrogens with zero attached hydrogens (tertiary/aromatic N) is 2. The van der Waals surface area contributed by atoms with E-state index < -0.39 is 11.5 Å². The van der Waals surface area contributed by atoms with Crippen LogP contribution in [0.15, 0.2) is 30.5 Å². The van der Waals surface area contributed by atoms with E-state index in [-0.39, 0.29) is 23.6 Å². The molecule has 0 bridgehead atoms. The average molecular weight is 510 g/mol. The number of amides is 3. The Morgan fingerprint density at radius 1 is 1.11 bits per heavy atom. The topological polar surface area (TPSA) is 105 Å². The second kappa shape index (κ2) is 10.7. The highest BCUT2D eigenvalue weighted by atomic mass is 32.2. The Bertz CT molecular complexity index is 1130. The zero-order valence-electron chi connectivity index (χ0n) is 20.8. The third kappa shape index (κ3) is 4.90. The summed E-state index contributed by atoms with van der Waals surface area (Å²) in [5.74, 6) is 1.58. The molecule has 2 fully saturated rings. The van der Waals surface area contributed by atoms with Gasteiger partial charge >= 0.3 is 0 Å². The maximum absolute atomic E-state index is 13.6. The smallest absolute Gasteiger partial charge is 0.270 e. The number of thioether (sulfide) groups is 1. The minimum atomic E-state index is -0.643. The highest BCUT2D eigenvalue weighted by Gasteiger charge is 2.47. The Kier molecular flexibility index (Phi) is 7.37. The predicted octanol–water partition coefficient (Wildman–Crippen LogP) is 4.23. The van der Waals surface area contributed by atoms with Crippen molar-refractivity contribution >= 4 is 40.9 Å². The minimum absolute atomic E-state index is 0.0668. The maximum Gasteiger partial charge on any atom is 0.270 e. The van der Waals surface area contributed by atoms with Gasteiger partial charge < -0.3 is 16.0 Å². The molecular weight excluding hydrogens is 474 g/mol. The third-order valence-corrected chi connectivity index (χ3v) is 9.06. The van der Waals surface area contributed by atoms with Gasteiger partial charge in [-0.05, 0) is 66.9 Å². The van der Waals surface area contributed by atoms with Crippen LogP contribution in [0.2, 0.25) is 0 Å². The van der Waals surface area contributed by atoms with Crippen molar-refractivity contribution in [2.75, 3.05) is 22.1 Å². The van der Waals surface area contributed by atoms with E-state index >= 15 is 0 Å². The van der Waals surface area contributed by atoms with Gasteiger partial charge in [0.25, 0.3) is 5.91 Å². The van der Waals surface area contributed by atoms with Gasteiger partial charge in [0.15, 0.2) is 0 Å². The first-order chi connectivity index (χ1) is 17.5. The summed E-state index contributed by atoms with van der Waals surface area (Å²) in [4.78, 5) is 39.6. The average Bonchev–Trinajstić information content (AvgIpc) is 3.39. The molecule has 3 heterocycles. The Labute approximate surface area is 216 Å². The first-order valence-electron chi connectivity index (χ1n) is 13.1. The van der Waals surface area contributed by atoms with Gasteiger partial charge in [-0.25, -0.2) is 0 Å². The molecule has 3 N–H and O–H groups in total. The maximum atomic E-state index is 13.6. The van der Waals surface area contributed by atoms with Gasteiger partial charge in [-0.15, -0.1) is 0 Å². The molecule has 1 saturated carbocycles. The number of aryl methyl sites for hydroxylation is 1. The number of carbonyl (C=O) groups excluding carboxylic acids is 3. The summed E-state index contributed by atoms with van der Waals surface area (Å²) in [6, 6.07) is 6.75. The Hall–Kier alpha value is -2.81. The fraction of sp³-hybridized carbons (Fsp3) is 0.556. The number of benzene rings is 1. The van der Waals surface area contributed by atoms with Crippen molar-refractivity contribution in [1.82, 2.24) is 15.1 Å². The molecule has 3 aliphatic rings. The molecular formula is C27H35N5O3S. The fourth-order valence-corrected chi connectivity index (χ4v) is 7.16. The van der Waals surface area contributed by atoms with E-state index in [2.05, 4.69) is 21.0 Å². The summed E-state index contributed by atoms with van der Waals surface area (Å²) in [7, 11) is 1.72. The van der Waals surface area contributed by atoms with Crippen molar-refractivity contribution in [2.45, 2.75) is 69.2 Å². The van der Waals surface area contributed by atoms with Crippen molar-refractivity contribution < 1.29 is 14.4 Å². The normalized spacial score (nSPS) is 20.6. The molecule has 1 aromatic heterocycles. The SMILES string of the molecule is Cn1nccc1C(=O)NC(C(=O)Nc1ccc2c(c1)NC(=O)C21CCSCC1)C1CCCCCCC1. The molecule has 192 valence electrons. The largest absolute Gasteiger partial charge is 0.339 e. The van der Waals surface area contributed by atoms with E-state index in [1.165, 1.54) is 11.1 Å². The number of hydrogen-bond donors (Lipinski definition) is 3. The number of anilines is 2. The van der Waals surface area contributed by atoms with Gasteiger partial charge in [-0.2, -0.15) is 16.9 Å². The summed E-state index contributed by atoms with van der Waals surface area (Å²) in [5, 5.41) is 13.2. The van der Waals surface area contributed by atoms with Crippen molar-refractivity contribution in [2.24, 2.45) is 13.0 Å². The summed E-state index contributed by atoms with van der Waals surface area (Å²) in [6.45, 7) is 0. The first kappa shape index (κ1) is 24.9. The van der Waals surface area contributed by atoms with Crippen LogP contribution in [0.5, 0.6) is 0 Å². The van der Waals surface area contributed by atoms with Crippen molar-refractivity contribution in [3.63, 3.8) is 0 Å². The molecule has 1 saturated heterocycles. The number of hydrogen-bond acceptors (Lipinski definition) is 5. The van der Waals surface area contributed by atoms with Crippen LogP contribution in [0.3, 0.4) is 0 Å². The van der Waals surface area contributed by atoms with Crippen LogP contribution in [0, 0.1) is 5.92 Å². The third-order valence-electron chi connectivity index (χ3n) is 8.08. The van der Waals surface area contributed by atoms with Crippen LogP contribution in [0.4, 0.5) is 11.4 Å². The first-order valence-corrected chi connectivity index (χ1v) is 14.3. The predicted molar refractivity (Wildman–Crippen MR) is 142 cm³/mol. The summed E-state index contributed by atoms with van der Waals surface area (Å²) in [5.41, 5.74) is 2.43. The monoisotopic (exact) mass is 509 g/mol. The highest BCUT2D eigenvalue weighted by Crippen LogP contribution is 2.47. The fourth-order valence-electron chi connectivity index (χ4n) is 5.97. The zero-order valence-corrected chi connectivity index (χ0v) is 21.7. The second-order valence-electron chi connectivity index (χ2n) is 10.3. The minimum Gasteiger partial charge on any atom is -0.339 e. The molecule has 3 amide bonds. The second-order valence-corrected chi connectivity index (χ2v) is 11.5. The molecule has 1 spiro atoms. The lowest BCUT2D eigenvalue weighted by Crippen LogP contribution is -2.49. The van der Waals surface area contributed by atoms with Gasteiger partial charge in [0, 0.05) is 24.6 Å². The van der Waals surface area contributed by atoms with Crippen molar-refractivity contribution in [3.05, 3.63) is 41.7 Å². The molecule has 1 unspecified atom stereocenters. The number of fused-ring (bicyclic) bond motifs is 2. The van der Waals surface area contributed by atoms with Gasteiger partial charge in [0.2, 0.25) is 11.8 Å². The lowest BCUT2D eigenvalue weighted by atomic mass is 9.76. The molecule has 36 heavy (non-hydrogen) atoms. The van der Waals surface area contributed by atoms with E-state index in [0.717, 1.165) is 74.1 Å². The van der Waals surface area contributed by atoms with Crippen molar-refractivity contribution in [1.29, 1.82) is 0 Å². The van der Waals surface area contributed by atoms with E-state index in [1.54, 1.807) is 19.3 Å². The van der Waals surface area contributed by atoms with Gasteiger partial charge in [-0.1, -0.05) is 38.2 Å². The number of carbonyl (C=O) groups is 3. The Morgan fingerprint density at radius 2 is 1.83 bits per heavy atom. The van der Waals surface area contributed by atoms with Crippen LogP contribution in [-0.2, 0) is 22.1 Å². The van der Waals surface area contributed by atoms with Crippen LogP contribution in [-0.4, -0.2) is 45.0 Å². The zero-order chi connectivity index (χ0) is 25.1. The van der Waals surface area contributed by atoms with Gasteiger partial charge in [0.05, 0.1) is 5.41 Å². The lowest BCUT2D eigenvalue weighted by Gasteiger charge is -2.31. The van der Waals surface area contributed by atoms with Crippen LogP contribution in [0.1, 0.15) is 73.8 Å². The van der Waals surface area contributed by atoms with E-state index in [4.69, 9.17) is 0 Å². The molecule has 0 radical (unpaired) electrons. The molecule has 1 atom stereocenters. The molecule has 1 aromatic carbocycles. The van der Waals surface area contributed by atoms with E-state index in [9.17, 15) is 14.4 Å². The Balaban J connectivity index is 1.36. The van der Waals surface area contributed by atoms with Crippen LogP contribution in [0.25, 0.3) is 0 Å². The molecule has 2 aromatic rings. The molecule has 1 aliphatic carbocycles. The highest BCUT2D eigenvalue weighted by molar-refractivity contribution is 7.99. The number of nitrogens with one attached hydrogen (secondary N) is 3. The molecule has 5 rings (SSSR count). The summed E-state index contributed by atoms with van der Waals surface area (Å²) < 4.78 is 1.52. The number of rotatable bonds is 5. The van der Waals surface area contributed by atoms with E-state index in [0.29, 0.717) is 11.4 Å². The molecule has 8 nitrogen and oxygen atoms in total. The Morgan fingerprint density at radius 3 is 2.53 bits per heavy atom. The standard InChI is InChI=1S/C27H35N5O3S/c1-32-22(11-14-28-32)24(33)31-23(18-7-5-3-2-4-6-8-18)25(34)29-19-9-10-20-21(17-19)30-26(35)27(20)12-15-36-16-13-27/h9-11,14,17-18,23H,2-8,12-13,15-16H2,1H3,(H,29,34)(H,30,35)(H,31,33). The summed E-state index contributed by atoms with van der Waals surface area (Å²) >= 11 is 1.89.